The first-order chi connectivity index (χ1) is 11.8. The lowest BCUT2D eigenvalue weighted by Gasteiger charge is -2.44. The number of para-hydroxylation sites is 1. The zero-order valence-electron chi connectivity index (χ0n) is 15.3. The fraction of sp³-hybridized carbons (Fsp3) is 0.600. The molecule has 0 amide bonds. The van der Waals surface area contributed by atoms with E-state index in [-0.39, 0.29) is 12.2 Å². The van der Waals surface area contributed by atoms with Crippen LogP contribution >= 0.6 is 0 Å². The molecule has 0 aromatic heterocycles. The van der Waals surface area contributed by atoms with Crippen molar-refractivity contribution in [2.45, 2.75) is 76.6 Å². The van der Waals surface area contributed by atoms with E-state index in [1.165, 1.54) is 0 Å². The third-order valence-electron chi connectivity index (χ3n) is 5.01. The highest BCUT2D eigenvalue weighted by atomic mass is 16.6. The van der Waals surface area contributed by atoms with Crippen molar-refractivity contribution in [1.29, 1.82) is 0 Å². The quantitative estimate of drug-likeness (QED) is 0.781. The molecule has 0 unspecified atom stereocenters. The van der Waals surface area contributed by atoms with Crippen LogP contribution < -0.4 is 4.74 Å². The van der Waals surface area contributed by atoms with Gasteiger partial charge in [0.05, 0.1) is 12.2 Å². The van der Waals surface area contributed by atoms with Gasteiger partial charge in [0.1, 0.15) is 11.2 Å². The summed E-state index contributed by atoms with van der Waals surface area (Å²) >= 11 is 0. The maximum atomic E-state index is 13.3. The highest BCUT2D eigenvalue weighted by Gasteiger charge is 2.71. The molecule has 1 aliphatic heterocycles. The van der Waals surface area contributed by atoms with Gasteiger partial charge in [0.15, 0.2) is 0 Å². The maximum Gasteiger partial charge on any atom is 0.352 e. The van der Waals surface area contributed by atoms with Crippen LogP contribution in [0.4, 0.5) is 0 Å². The normalized spacial score (nSPS) is 27.4. The van der Waals surface area contributed by atoms with Crippen LogP contribution in [0.2, 0.25) is 0 Å². The standard InChI is InChI=1S/C20H26O5/c1-13(2)23-17(21)19-11-7-8-12-20(19,18(22)24-14(3)4)25-16-10-6-5-9-15(16)19/h5-6,9-10,13-14H,7-8,11-12H2,1-4H3/t19-,20+/m0/s1. The number of esters is 2. The minimum atomic E-state index is -1.34. The van der Waals surface area contributed by atoms with E-state index >= 15 is 0 Å². The van der Waals surface area contributed by atoms with Gasteiger partial charge >= 0.3 is 11.9 Å². The third-order valence-corrected chi connectivity index (χ3v) is 5.01. The number of carbonyl (C=O) groups excluding carboxylic acids is 2. The van der Waals surface area contributed by atoms with Gasteiger partial charge in [-0.25, -0.2) is 4.79 Å². The van der Waals surface area contributed by atoms with E-state index in [0.717, 1.165) is 18.4 Å². The highest BCUT2D eigenvalue weighted by Crippen LogP contribution is 2.57. The summed E-state index contributed by atoms with van der Waals surface area (Å²) in [6, 6.07) is 7.39. The topological polar surface area (TPSA) is 61.8 Å². The van der Waals surface area contributed by atoms with Gasteiger partial charge in [-0.3, -0.25) is 4.79 Å². The summed E-state index contributed by atoms with van der Waals surface area (Å²) in [7, 11) is 0. The second kappa shape index (κ2) is 6.36. The second-order valence-corrected chi connectivity index (χ2v) is 7.45. The van der Waals surface area contributed by atoms with Crippen molar-refractivity contribution in [3.8, 4) is 5.75 Å². The Labute approximate surface area is 148 Å². The smallest absolute Gasteiger partial charge is 0.352 e. The summed E-state index contributed by atoms with van der Waals surface area (Å²) < 4.78 is 17.3. The molecule has 1 fully saturated rings. The molecule has 25 heavy (non-hydrogen) atoms. The minimum Gasteiger partial charge on any atom is -0.474 e. The number of carbonyl (C=O) groups is 2. The Kier molecular flexibility index (Phi) is 4.52. The zero-order valence-corrected chi connectivity index (χ0v) is 15.3. The summed E-state index contributed by atoms with van der Waals surface area (Å²) in [6.07, 6.45) is 2.05. The van der Waals surface area contributed by atoms with E-state index in [4.69, 9.17) is 14.2 Å². The van der Waals surface area contributed by atoms with Crippen LogP contribution in [-0.4, -0.2) is 29.7 Å². The van der Waals surface area contributed by atoms with Crippen molar-refractivity contribution < 1.29 is 23.8 Å². The average Bonchev–Trinajstić information content (AvgIpc) is 2.86. The van der Waals surface area contributed by atoms with E-state index in [9.17, 15) is 9.59 Å². The Morgan fingerprint density at radius 2 is 1.56 bits per heavy atom. The molecule has 136 valence electrons. The van der Waals surface area contributed by atoms with Crippen LogP contribution in [0.25, 0.3) is 0 Å². The predicted molar refractivity (Wildman–Crippen MR) is 92.4 cm³/mol. The Morgan fingerprint density at radius 3 is 2.24 bits per heavy atom. The molecule has 1 aromatic rings. The molecule has 2 atom stereocenters. The van der Waals surface area contributed by atoms with Crippen LogP contribution in [0.1, 0.15) is 58.9 Å². The number of rotatable bonds is 4. The number of ether oxygens (including phenoxy) is 3. The van der Waals surface area contributed by atoms with E-state index < -0.39 is 23.0 Å². The number of fused-ring (bicyclic) bond motifs is 3. The number of hydrogen-bond acceptors (Lipinski definition) is 5. The molecule has 5 heteroatoms. The van der Waals surface area contributed by atoms with Crippen LogP contribution in [0.15, 0.2) is 24.3 Å². The summed E-state index contributed by atoms with van der Waals surface area (Å²) in [5.74, 6) is -0.294. The van der Waals surface area contributed by atoms with E-state index in [1.807, 2.05) is 38.1 Å². The first-order valence-electron chi connectivity index (χ1n) is 9.04. The Bertz CT molecular complexity index is 680. The molecular formula is C20H26O5. The largest absolute Gasteiger partial charge is 0.474 e. The zero-order chi connectivity index (χ0) is 18.2. The van der Waals surface area contributed by atoms with Crippen LogP contribution in [0.3, 0.4) is 0 Å². The second-order valence-electron chi connectivity index (χ2n) is 7.45. The summed E-state index contributed by atoms with van der Waals surface area (Å²) in [5.41, 5.74) is -1.75. The summed E-state index contributed by atoms with van der Waals surface area (Å²) in [5, 5.41) is 0. The van der Waals surface area contributed by atoms with Gasteiger partial charge in [0, 0.05) is 5.56 Å². The summed E-state index contributed by atoms with van der Waals surface area (Å²) in [6.45, 7) is 7.22. The molecule has 0 spiro atoms. The van der Waals surface area contributed by atoms with Gasteiger partial charge in [-0.2, -0.15) is 0 Å². The molecule has 3 rings (SSSR count). The van der Waals surface area contributed by atoms with Gasteiger partial charge < -0.3 is 14.2 Å². The van der Waals surface area contributed by atoms with E-state index in [1.54, 1.807) is 13.8 Å². The van der Waals surface area contributed by atoms with Crippen molar-refractivity contribution >= 4 is 11.9 Å². The van der Waals surface area contributed by atoms with Gasteiger partial charge in [-0.05, 0) is 53.0 Å². The molecule has 0 saturated heterocycles. The monoisotopic (exact) mass is 346 g/mol. The van der Waals surface area contributed by atoms with Gasteiger partial charge in [-0.1, -0.05) is 24.6 Å². The molecule has 1 saturated carbocycles. The molecule has 1 heterocycles. The number of hydrogen-bond donors (Lipinski definition) is 0. The molecule has 0 N–H and O–H groups in total. The van der Waals surface area contributed by atoms with Crippen molar-refractivity contribution in [1.82, 2.24) is 0 Å². The van der Waals surface area contributed by atoms with Crippen LogP contribution in [0, 0.1) is 0 Å². The van der Waals surface area contributed by atoms with Crippen LogP contribution in [-0.2, 0) is 24.5 Å². The van der Waals surface area contributed by atoms with E-state index in [2.05, 4.69) is 0 Å². The Morgan fingerprint density at radius 1 is 0.960 bits per heavy atom. The van der Waals surface area contributed by atoms with Crippen LogP contribution in [0.5, 0.6) is 5.75 Å². The summed E-state index contributed by atoms with van der Waals surface area (Å²) in [4.78, 5) is 26.4. The molecular weight excluding hydrogens is 320 g/mol. The predicted octanol–water partition coefficient (Wildman–Crippen LogP) is 3.53. The first kappa shape index (κ1) is 17.8. The molecule has 1 aromatic carbocycles. The van der Waals surface area contributed by atoms with E-state index in [0.29, 0.717) is 18.6 Å². The molecule has 0 bridgehead atoms. The van der Waals surface area contributed by atoms with Gasteiger partial charge in [0.25, 0.3) is 0 Å². The lowest BCUT2D eigenvalue weighted by molar-refractivity contribution is -0.186. The third kappa shape index (κ3) is 2.60. The first-order valence-corrected chi connectivity index (χ1v) is 9.04. The van der Waals surface area contributed by atoms with Crippen molar-refractivity contribution in [3.63, 3.8) is 0 Å². The van der Waals surface area contributed by atoms with Crippen molar-refractivity contribution in [3.05, 3.63) is 29.8 Å². The van der Waals surface area contributed by atoms with Crippen molar-refractivity contribution in [2.24, 2.45) is 0 Å². The lowest BCUT2D eigenvalue weighted by atomic mass is 9.60. The fourth-order valence-electron chi connectivity index (χ4n) is 4.08. The van der Waals surface area contributed by atoms with Crippen molar-refractivity contribution in [2.75, 3.05) is 0 Å². The molecule has 1 aliphatic carbocycles. The van der Waals surface area contributed by atoms with Gasteiger partial charge in [-0.15, -0.1) is 0 Å². The lowest BCUT2D eigenvalue weighted by Crippen LogP contribution is -2.64. The molecule has 2 aliphatic rings. The Hall–Kier alpha value is -2.04. The Balaban J connectivity index is 2.17. The number of benzene rings is 1. The molecule has 0 radical (unpaired) electrons. The average molecular weight is 346 g/mol. The highest BCUT2D eigenvalue weighted by molar-refractivity contribution is 5.98. The van der Waals surface area contributed by atoms with Gasteiger partial charge in [0.2, 0.25) is 5.60 Å². The maximum absolute atomic E-state index is 13.3. The SMILES string of the molecule is CC(C)OC(=O)[C@]12CCCC[C@@]1(C(=O)OC(C)C)c1ccccc1O2. The fourth-order valence-corrected chi connectivity index (χ4v) is 4.08. The molecule has 5 nitrogen and oxygen atoms in total. The minimum absolute atomic E-state index is 0.268.